The second-order valence-electron chi connectivity index (χ2n) is 5.82. The molecule has 0 radical (unpaired) electrons. The molecule has 1 atom stereocenters. The molecule has 0 unspecified atom stereocenters. The molecule has 0 aromatic carbocycles. The molecule has 1 N–H and O–H groups in total. The summed E-state index contributed by atoms with van der Waals surface area (Å²) in [5.41, 5.74) is 0.167. The summed E-state index contributed by atoms with van der Waals surface area (Å²) >= 11 is 3.22. The van der Waals surface area contributed by atoms with Gasteiger partial charge in [-0.3, -0.25) is 9.59 Å². The van der Waals surface area contributed by atoms with Gasteiger partial charge in [0.25, 0.3) is 5.91 Å². The van der Waals surface area contributed by atoms with E-state index < -0.39 is 5.54 Å². The van der Waals surface area contributed by atoms with Gasteiger partial charge in [-0.15, -0.1) is 0 Å². The first kappa shape index (κ1) is 15.3. The summed E-state index contributed by atoms with van der Waals surface area (Å²) < 4.78 is 6.00. The summed E-state index contributed by atoms with van der Waals surface area (Å²) in [6, 6.07) is 0. The van der Waals surface area contributed by atoms with E-state index in [1.165, 1.54) is 6.20 Å². The Hall–Kier alpha value is -1.14. The number of nitrogens with one attached hydrogen (secondary N) is 1. The molecule has 5 nitrogen and oxygen atoms in total. The number of aromatic nitrogens is 1. The van der Waals surface area contributed by atoms with Crippen LogP contribution in [-0.2, 0) is 4.74 Å². The standard InChI is InChI=1S/C14H19BrN2O3/c1-8-6-17(14(3,4)7-20-8)13(19)10-5-16-9(2)11(15)12(10)18/h5,8H,6-7H2,1-4H3,(H,16,18)/t8-/m1/s1. The molecule has 1 aromatic heterocycles. The van der Waals surface area contributed by atoms with Crippen LogP contribution in [0.5, 0.6) is 0 Å². The molecule has 0 spiro atoms. The van der Waals surface area contributed by atoms with E-state index in [0.29, 0.717) is 23.3 Å². The summed E-state index contributed by atoms with van der Waals surface area (Å²) in [4.78, 5) is 29.6. The zero-order valence-electron chi connectivity index (χ0n) is 12.1. The molecule has 2 rings (SSSR count). The van der Waals surface area contributed by atoms with E-state index >= 15 is 0 Å². The maximum absolute atomic E-state index is 12.7. The lowest BCUT2D eigenvalue weighted by Gasteiger charge is -2.44. The van der Waals surface area contributed by atoms with E-state index in [0.717, 1.165) is 0 Å². The third kappa shape index (κ3) is 2.67. The van der Waals surface area contributed by atoms with Crippen LogP contribution in [0.4, 0.5) is 0 Å². The quantitative estimate of drug-likeness (QED) is 0.849. The highest BCUT2D eigenvalue weighted by atomic mass is 79.9. The summed E-state index contributed by atoms with van der Waals surface area (Å²) in [5.74, 6) is -0.257. The number of halogens is 1. The minimum Gasteiger partial charge on any atom is -0.374 e. The molecule has 1 saturated heterocycles. The van der Waals surface area contributed by atoms with Crippen molar-refractivity contribution in [2.75, 3.05) is 13.2 Å². The number of carbonyl (C=O) groups excluding carboxylic acids is 1. The number of carbonyl (C=O) groups is 1. The van der Waals surface area contributed by atoms with Gasteiger partial charge < -0.3 is 14.6 Å². The van der Waals surface area contributed by atoms with Crippen molar-refractivity contribution in [2.45, 2.75) is 39.3 Å². The monoisotopic (exact) mass is 342 g/mol. The highest BCUT2D eigenvalue weighted by Crippen LogP contribution is 2.24. The van der Waals surface area contributed by atoms with Crippen molar-refractivity contribution in [1.82, 2.24) is 9.88 Å². The van der Waals surface area contributed by atoms with Gasteiger partial charge in [-0.2, -0.15) is 0 Å². The fourth-order valence-electron chi connectivity index (χ4n) is 2.24. The number of amides is 1. The third-order valence-corrected chi connectivity index (χ3v) is 4.53. The highest BCUT2D eigenvalue weighted by molar-refractivity contribution is 9.10. The second-order valence-corrected chi connectivity index (χ2v) is 6.61. The largest absolute Gasteiger partial charge is 0.374 e. The maximum Gasteiger partial charge on any atom is 0.259 e. The Bertz CT molecular complexity index is 595. The van der Waals surface area contributed by atoms with Crippen LogP contribution in [0, 0.1) is 6.92 Å². The Morgan fingerprint density at radius 2 is 2.20 bits per heavy atom. The van der Waals surface area contributed by atoms with Crippen molar-refractivity contribution in [1.29, 1.82) is 0 Å². The van der Waals surface area contributed by atoms with E-state index in [9.17, 15) is 9.59 Å². The predicted octanol–water partition coefficient (Wildman–Crippen LogP) is 2.09. The SMILES string of the molecule is Cc1[nH]cc(C(=O)N2C[C@@H](C)OCC2(C)C)c(=O)c1Br. The van der Waals surface area contributed by atoms with Crippen molar-refractivity contribution in [3.05, 3.63) is 32.2 Å². The maximum atomic E-state index is 12.7. The molecule has 1 fully saturated rings. The molecule has 6 heteroatoms. The minimum absolute atomic E-state index is 0.0278. The van der Waals surface area contributed by atoms with E-state index in [2.05, 4.69) is 20.9 Å². The third-order valence-electron chi connectivity index (χ3n) is 3.57. The van der Waals surface area contributed by atoms with Crippen LogP contribution >= 0.6 is 15.9 Å². The van der Waals surface area contributed by atoms with E-state index in [-0.39, 0.29) is 23.0 Å². The molecule has 2 heterocycles. The van der Waals surface area contributed by atoms with Crippen LogP contribution in [0.25, 0.3) is 0 Å². The lowest BCUT2D eigenvalue weighted by molar-refractivity contribution is -0.0756. The smallest absolute Gasteiger partial charge is 0.259 e. The summed E-state index contributed by atoms with van der Waals surface area (Å²) in [6.07, 6.45) is 1.46. The van der Waals surface area contributed by atoms with Gasteiger partial charge in [-0.05, 0) is 43.6 Å². The molecular weight excluding hydrogens is 324 g/mol. The number of morpholine rings is 1. The molecule has 1 aliphatic heterocycles. The molecule has 1 amide bonds. The van der Waals surface area contributed by atoms with E-state index in [4.69, 9.17) is 4.74 Å². The van der Waals surface area contributed by atoms with Gasteiger partial charge in [0.15, 0.2) is 0 Å². The van der Waals surface area contributed by atoms with E-state index in [1.54, 1.807) is 11.8 Å². The van der Waals surface area contributed by atoms with Gasteiger partial charge in [-0.1, -0.05) is 0 Å². The molecule has 1 aromatic rings. The fourth-order valence-corrected chi connectivity index (χ4v) is 2.57. The topological polar surface area (TPSA) is 62.4 Å². The number of pyridine rings is 1. The van der Waals surface area contributed by atoms with E-state index in [1.807, 2.05) is 20.8 Å². The van der Waals surface area contributed by atoms with Crippen molar-refractivity contribution in [3.8, 4) is 0 Å². The number of H-pyrrole nitrogens is 1. The van der Waals surface area contributed by atoms with Gasteiger partial charge in [0.05, 0.1) is 22.7 Å². The van der Waals surface area contributed by atoms with Crippen molar-refractivity contribution in [3.63, 3.8) is 0 Å². The van der Waals surface area contributed by atoms with Crippen molar-refractivity contribution < 1.29 is 9.53 Å². The van der Waals surface area contributed by atoms with Crippen LogP contribution in [0.15, 0.2) is 15.5 Å². The summed E-state index contributed by atoms with van der Waals surface area (Å²) in [7, 11) is 0. The van der Waals surface area contributed by atoms with Crippen LogP contribution in [0.3, 0.4) is 0 Å². The average molecular weight is 343 g/mol. The first-order valence-corrected chi connectivity index (χ1v) is 7.34. The molecule has 0 bridgehead atoms. The van der Waals surface area contributed by atoms with Crippen LogP contribution in [0.2, 0.25) is 0 Å². The number of aromatic amines is 1. The predicted molar refractivity (Wildman–Crippen MR) is 80.0 cm³/mol. The number of nitrogens with zero attached hydrogens (tertiary/aromatic N) is 1. The number of rotatable bonds is 1. The highest BCUT2D eigenvalue weighted by Gasteiger charge is 2.38. The van der Waals surface area contributed by atoms with Crippen molar-refractivity contribution in [2.24, 2.45) is 0 Å². The first-order chi connectivity index (χ1) is 9.24. The fraction of sp³-hybridized carbons (Fsp3) is 0.571. The number of hydrogen-bond donors (Lipinski definition) is 1. The van der Waals surface area contributed by atoms with Gasteiger partial charge in [0.2, 0.25) is 5.43 Å². The average Bonchev–Trinajstić information content (AvgIpc) is 2.38. The number of ether oxygens (including phenoxy) is 1. The number of hydrogen-bond acceptors (Lipinski definition) is 3. The second kappa shape index (κ2) is 5.33. The molecule has 20 heavy (non-hydrogen) atoms. The Morgan fingerprint density at radius 1 is 1.55 bits per heavy atom. The first-order valence-electron chi connectivity index (χ1n) is 6.55. The zero-order chi connectivity index (χ0) is 15.1. The lowest BCUT2D eigenvalue weighted by atomic mass is 9.99. The van der Waals surface area contributed by atoms with Gasteiger partial charge in [0.1, 0.15) is 5.56 Å². The van der Waals surface area contributed by atoms with Crippen LogP contribution in [-0.4, -0.2) is 40.6 Å². The van der Waals surface area contributed by atoms with Gasteiger partial charge in [0, 0.05) is 18.4 Å². The van der Waals surface area contributed by atoms with Gasteiger partial charge in [-0.25, -0.2) is 0 Å². The normalized spacial score (nSPS) is 21.9. The number of aryl methyl sites for hydroxylation is 1. The zero-order valence-corrected chi connectivity index (χ0v) is 13.7. The molecule has 1 aliphatic rings. The Morgan fingerprint density at radius 3 is 2.85 bits per heavy atom. The molecular formula is C14H19BrN2O3. The molecule has 110 valence electrons. The van der Waals surface area contributed by atoms with Crippen LogP contribution < -0.4 is 5.43 Å². The summed E-state index contributed by atoms with van der Waals surface area (Å²) in [6.45, 7) is 8.52. The molecule has 0 saturated carbocycles. The molecule has 0 aliphatic carbocycles. The van der Waals surface area contributed by atoms with Gasteiger partial charge >= 0.3 is 0 Å². The van der Waals surface area contributed by atoms with Crippen molar-refractivity contribution >= 4 is 21.8 Å². The minimum atomic E-state index is -0.423. The summed E-state index contributed by atoms with van der Waals surface area (Å²) in [5, 5.41) is 0. The lowest BCUT2D eigenvalue weighted by Crippen LogP contribution is -2.58. The Kier molecular flexibility index (Phi) is 4.07. The van der Waals surface area contributed by atoms with Crippen LogP contribution in [0.1, 0.15) is 36.8 Å². The Labute approximate surface area is 126 Å². The Balaban J connectivity index is 2.40.